The number of amides is 2. The summed E-state index contributed by atoms with van der Waals surface area (Å²) in [6.45, 7) is 0.532. The fourth-order valence-corrected chi connectivity index (χ4v) is 2.18. The fourth-order valence-electron chi connectivity index (χ4n) is 1.52. The first kappa shape index (κ1) is 14.0. The first-order valence-corrected chi connectivity index (χ1v) is 6.97. The van der Waals surface area contributed by atoms with E-state index >= 15 is 0 Å². The minimum absolute atomic E-state index is 0.532. The molecule has 0 saturated heterocycles. The summed E-state index contributed by atoms with van der Waals surface area (Å²) >= 11 is 6.63. The van der Waals surface area contributed by atoms with Crippen LogP contribution in [-0.4, -0.2) is 6.03 Å². The second-order valence-corrected chi connectivity index (χ2v) is 5.33. The highest BCUT2D eigenvalue weighted by atomic mass is 79.9. The van der Waals surface area contributed by atoms with Crippen LogP contribution in [0.5, 0.6) is 0 Å². The molecule has 0 spiro atoms. The minimum Gasteiger partial charge on any atom is -0.451 e. The molecule has 19 heavy (non-hydrogen) atoms. The van der Waals surface area contributed by atoms with Crippen molar-refractivity contribution in [2.45, 2.75) is 6.54 Å². The number of hydrogen-bond donors (Lipinski definition) is 3. The monoisotopic (exact) mass is 387 g/mol. The van der Waals surface area contributed by atoms with E-state index < -0.39 is 6.03 Å². The van der Waals surface area contributed by atoms with Crippen LogP contribution in [0.3, 0.4) is 0 Å². The van der Waals surface area contributed by atoms with Gasteiger partial charge >= 0.3 is 6.03 Å². The minimum atomic E-state index is -0.587. The lowest BCUT2D eigenvalue weighted by atomic mass is 10.2. The molecule has 2 rings (SSSR count). The van der Waals surface area contributed by atoms with E-state index in [9.17, 15) is 4.79 Å². The first-order valence-electron chi connectivity index (χ1n) is 5.38. The Morgan fingerprint density at radius 3 is 2.63 bits per heavy atom. The van der Waals surface area contributed by atoms with Crippen LogP contribution < -0.4 is 16.4 Å². The standard InChI is InChI=1S/C12H11Br2N3O2/c13-10-5-9(19-11(10)14)6-16-7-2-1-3-8(4-7)17-12(15)18/h1-5,16H,6H2,(H3,15,17,18). The molecule has 1 heterocycles. The van der Waals surface area contributed by atoms with E-state index in [1.807, 2.05) is 18.2 Å². The quantitative estimate of drug-likeness (QED) is 0.742. The summed E-state index contributed by atoms with van der Waals surface area (Å²) in [5.74, 6) is 0.784. The van der Waals surface area contributed by atoms with E-state index in [0.29, 0.717) is 16.9 Å². The highest BCUT2D eigenvalue weighted by Gasteiger charge is 2.06. The summed E-state index contributed by atoms with van der Waals surface area (Å²) in [5.41, 5.74) is 6.56. The molecule has 0 bridgehead atoms. The van der Waals surface area contributed by atoms with E-state index in [1.54, 1.807) is 12.1 Å². The van der Waals surface area contributed by atoms with Crippen LogP contribution in [0.25, 0.3) is 0 Å². The second-order valence-electron chi connectivity index (χ2n) is 3.76. The third-order valence-electron chi connectivity index (χ3n) is 2.29. The molecule has 0 aliphatic rings. The number of primary amides is 1. The van der Waals surface area contributed by atoms with Crippen LogP contribution in [0, 0.1) is 0 Å². The van der Waals surface area contributed by atoms with Crippen molar-refractivity contribution >= 4 is 49.3 Å². The summed E-state index contributed by atoms with van der Waals surface area (Å²) in [4.78, 5) is 10.8. The number of urea groups is 1. The van der Waals surface area contributed by atoms with E-state index in [-0.39, 0.29) is 0 Å². The van der Waals surface area contributed by atoms with Gasteiger partial charge in [0.1, 0.15) is 5.76 Å². The Labute approximate surface area is 126 Å². The van der Waals surface area contributed by atoms with E-state index in [2.05, 4.69) is 42.5 Å². The number of nitrogens with two attached hydrogens (primary N) is 1. The van der Waals surface area contributed by atoms with Gasteiger partial charge in [-0.05, 0) is 56.1 Å². The molecule has 1 aromatic carbocycles. The number of carbonyl (C=O) groups is 1. The number of benzene rings is 1. The Balaban J connectivity index is 2.01. The van der Waals surface area contributed by atoms with Crippen LogP contribution in [0.4, 0.5) is 16.2 Å². The van der Waals surface area contributed by atoms with Gasteiger partial charge in [0.05, 0.1) is 11.0 Å². The Kier molecular flexibility index (Phi) is 4.49. The maximum atomic E-state index is 10.8. The molecule has 0 fully saturated rings. The number of hydrogen-bond acceptors (Lipinski definition) is 3. The van der Waals surface area contributed by atoms with Crippen LogP contribution in [-0.2, 0) is 6.54 Å². The summed E-state index contributed by atoms with van der Waals surface area (Å²) in [6, 6.07) is 8.55. The Morgan fingerprint density at radius 1 is 1.26 bits per heavy atom. The zero-order valence-electron chi connectivity index (χ0n) is 9.74. The maximum Gasteiger partial charge on any atom is 0.316 e. The molecule has 0 radical (unpaired) electrons. The molecule has 2 amide bonds. The number of rotatable bonds is 4. The Bertz CT molecular complexity index is 579. The largest absolute Gasteiger partial charge is 0.451 e. The number of furan rings is 1. The average Bonchev–Trinajstić information content (AvgIpc) is 2.66. The zero-order valence-corrected chi connectivity index (χ0v) is 12.9. The van der Waals surface area contributed by atoms with Gasteiger partial charge in [-0.15, -0.1) is 0 Å². The number of nitrogens with one attached hydrogen (secondary N) is 2. The van der Waals surface area contributed by atoms with Crippen LogP contribution in [0.15, 0.2) is 43.9 Å². The Hall–Kier alpha value is -1.47. The van der Waals surface area contributed by atoms with E-state index in [4.69, 9.17) is 10.2 Å². The SMILES string of the molecule is NC(=O)Nc1cccc(NCc2cc(Br)c(Br)o2)c1. The molecular formula is C12H11Br2N3O2. The van der Waals surface area contributed by atoms with Crippen molar-refractivity contribution in [3.63, 3.8) is 0 Å². The number of carbonyl (C=O) groups excluding carboxylic acids is 1. The molecule has 0 atom stereocenters. The number of halogens is 2. The molecule has 0 saturated carbocycles. The molecule has 7 heteroatoms. The van der Waals surface area contributed by atoms with Gasteiger partial charge in [-0.1, -0.05) is 6.07 Å². The first-order chi connectivity index (χ1) is 9.04. The predicted octanol–water partition coefficient (Wildman–Crippen LogP) is 3.91. The molecule has 1 aromatic heterocycles. The third-order valence-corrected chi connectivity index (χ3v) is 4.00. The van der Waals surface area contributed by atoms with Crippen LogP contribution in [0.2, 0.25) is 0 Å². The van der Waals surface area contributed by atoms with Gasteiger partial charge in [0.2, 0.25) is 0 Å². The number of anilines is 2. The summed E-state index contributed by atoms with van der Waals surface area (Å²) in [5, 5.41) is 5.70. The van der Waals surface area contributed by atoms with Crippen molar-refractivity contribution in [1.29, 1.82) is 0 Å². The van der Waals surface area contributed by atoms with Crippen LogP contribution in [0.1, 0.15) is 5.76 Å². The van der Waals surface area contributed by atoms with Gasteiger partial charge < -0.3 is 20.8 Å². The second kappa shape index (κ2) is 6.12. The van der Waals surface area contributed by atoms with Crippen molar-refractivity contribution in [1.82, 2.24) is 0 Å². The molecule has 0 unspecified atom stereocenters. The van der Waals surface area contributed by atoms with Gasteiger partial charge in [-0.3, -0.25) is 0 Å². The van der Waals surface area contributed by atoms with Crippen molar-refractivity contribution in [2.24, 2.45) is 5.73 Å². The molecular weight excluding hydrogens is 378 g/mol. The lowest BCUT2D eigenvalue weighted by molar-refractivity contribution is 0.259. The third kappa shape index (κ3) is 4.00. The van der Waals surface area contributed by atoms with Gasteiger partial charge in [0.25, 0.3) is 0 Å². The molecule has 0 aliphatic carbocycles. The molecule has 2 aromatic rings. The lowest BCUT2D eigenvalue weighted by Crippen LogP contribution is -2.19. The van der Waals surface area contributed by atoms with Gasteiger partial charge in [-0.2, -0.15) is 0 Å². The Morgan fingerprint density at radius 2 is 2.00 bits per heavy atom. The summed E-state index contributed by atoms with van der Waals surface area (Å²) in [7, 11) is 0. The van der Waals surface area contributed by atoms with Crippen molar-refractivity contribution in [3.05, 3.63) is 45.2 Å². The van der Waals surface area contributed by atoms with Gasteiger partial charge in [0, 0.05) is 11.4 Å². The van der Waals surface area contributed by atoms with Crippen molar-refractivity contribution in [2.75, 3.05) is 10.6 Å². The summed E-state index contributed by atoms with van der Waals surface area (Å²) in [6.07, 6.45) is 0. The van der Waals surface area contributed by atoms with Crippen molar-refractivity contribution in [3.8, 4) is 0 Å². The predicted molar refractivity (Wildman–Crippen MR) is 81.1 cm³/mol. The average molecular weight is 389 g/mol. The normalized spacial score (nSPS) is 10.2. The lowest BCUT2D eigenvalue weighted by Gasteiger charge is -2.07. The fraction of sp³-hybridized carbons (Fsp3) is 0.0833. The molecule has 100 valence electrons. The molecule has 0 aliphatic heterocycles. The summed E-state index contributed by atoms with van der Waals surface area (Å²) < 4.78 is 6.98. The highest BCUT2D eigenvalue weighted by molar-refractivity contribution is 9.13. The smallest absolute Gasteiger partial charge is 0.316 e. The van der Waals surface area contributed by atoms with Crippen molar-refractivity contribution < 1.29 is 9.21 Å². The van der Waals surface area contributed by atoms with E-state index in [0.717, 1.165) is 15.9 Å². The highest BCUT2D eigenvalue weighted by Crippen LogP contribution is 2.27. The maximum absolute atomic E-state index is 10.8. The zero-order chi connectivity index (χ0) is 13.8. The molecule has 4 N–H and O–H groups in total. The topological polar surface area (TPSA) is 80.3 Å². The van der Waals surface area contributed by atoms with Crippen LogP contribution >= 0.6 is 31.9 Å². The van der Waals surface area contributed by atoms with Gasteiger partial charge in [0.15, 0.2) is 4.67 Å². The van der Waals surface area contributed by atoms with Gasteiger partial charge in [-0.25, -0.2) is 4.79 Å². The van der Waals surface area contributed by atoms with E-state index in [1.165, 1.54) is 0 Å². The molecule has 5 nitrogen and oxygen atoms in total.